The molecule has 0 aliphatic heterocycles. The number of hydrogen-bond acceptors (Lipinski definition) is 3. The molecule has 2 nitrogen and oxygen atoms in total. The zero-order valence-corrected chi connectivity index (χ0v) is 17.8. The van der Waals surface area contributed by atoms with Gasteiger partial charge in [0.25, 0.3) is 0 Å². The van der Waals surface area contributed by atoms with Crippen LogP contribution in [0, 0.1) is 13.8 Å². The Morgan fingerprint density at radius 1 is 0.833 bits per heavy atom. The van der Waals surface area contributed by atoms with Gasteiger partial charge in [-0.2, -0.15) is 12.6 Å². The molecule has 0 saturated heterocycles. The number of thiol groups is 1. The van der Waals surface area contributed by atoms with E-state index < -0.39 is 0 Å². The van der Waals surface area contributed by atoms with Crippen LogP contribution in [-0.2, 0) is 5.41 Å². The predicted molar refractivity (Wildman–Crippen MR) is 114 cm³/mol. The molecule has 0 fully saturated rings. The van der Waals surface area contributed by atoms with Crippen LogP contribution in [0.2, 0.25) is 10.0 Å². The number of benzene rings is 2. The van der Waals surface area contributed by atoms with Gasteiger partial charge in [0.2, 0.25) is 0 Å². The lowest BCUT2D eigenvalue weighted by atomic mass is 9.87. The van der Waals surface area contributed by atoms with E-state index in [2.05, 4.69) is 76.3 Å². The minimum Gasteiger partial charge on any atom is -0.274 e. The highest BCUT2D eigenvalue weighted by atomic mass is 35.5. The SMILES string of the molecule is CS.Cc1cc(Cl)ccc1Cl.Cc1ccc(C(C)(C)C)cc1.NN. The number of hydrazine groups is 1. The van der Waals surface area contributed by atoms with Crippen molar-refractivity contribution in [2.45, 2.75) is 40.0 Å². The van der Waals surface area contributed by atoms with E-state index in [1.165, 1.54) is 11.1 Å². The molecule has 0 aromatic heterocycles. The van der Waals surface area contributed by atoms with Gasteiger partial charge in [0.15, 0.2) is 0 Å². The van der Waals surface area contributed by atoms with Gasteiger partial charge < -0.3 is 0 Å². The number of halogens is 2. The molecular weight excluding hydrogens is 359 g/mol. The third kappa shape index (κ3) is 11.0. The van der Waals surface area contributed by atoms with Gasteiger partial charge in [0.1, 0.15) is 0 Å². The Hall–Kier alpha value is -0.710. The zero-order valence-electron chi connectivity index (χ0n) is 15.4. The molecule has 0 amide bonds. The summed E-state index contributed by atoms with van der Waals surface area (Å²) >= 11 is 14.9. The average molecular weight is 389 g/mol. The van der Waals surface area contributed by atoms with Crippen LogP contribution in [-0.4, -0.2) is 6.26 Å². The third-order valence-corrected chi connectivity index (χ3v) is 3.70. The van der Waals surface area contributed by atoms with Gasteiger partial charge in [0, 0.05) is 10.0 Å². The molecule has 5 heteroatoms. The van der Waals surface area contributed by atoms with E-state index in [0.29, 0.717) is 0 Å². The van der Waals surface area contributed by atoms with Crippen molar-refractivity contribution in [1.82, 2.24) is 0 Å². The predicted octanol–water partition coefficient (Wildman–Crippen LogP) is 5.96. The topological polar surface area (TPSA) is 52.0 Å². The standard InChI is InChI=1S/C11H16.C7H6Cl2.CH4S.H4N2/c1-9-5-7-10(8-6-9)11(2,3)4;1-5-4-6(8)2-3-7(5)9;2*1-2/h5-8H,1-4H3;2-4H,1H3;2H,1H3;1-2H2. The largest absolute Gasteiger partial charge is 0.274 e. The van der Waals surface area contributed by atoms with Gasteiger partial charge in [-0.05, 0) is 54.8 Å². The molecule has 0 aliphatic carbocycles. The van der Waals surface area contributed by atoms with E-state index in [9.17, 15) is 0 Å². The Morgan fingerprint density at radius 3 is 1.62 bits per heavy atom. The van der Waals surface area contributed by atoms with Gasteiger partial charge in [-0.15, -0.1) is 0 Å². The Labute approximate surface area is 162 Å². The molecule has 2 aromatic rings. The molecule has 24 heavy (non-hydrogen) atoms. The van der Waals surface area contributed by atoms with Crippen molar-refractivity contribution in [3.8, 4) is 0 Å². The summed E-state index contributed by atoms with van der Waals surface area (Å²) in [4.78, 5) is 0. The van der Waals surface area contributed by atoms with Crippen molar-refractivity contribution in [2.24, 2.45) is 11.7 Å². The van der Waals surface area contributed by atoms with E-state index >= 15 is 0 Å². The summed E-state index contributed by atoms with van der Waals surface area (Å²) in [5, 5.41) is 1.50. The molecule has 0 heterocycles. The Kier molecular flexibility index (Phi) is 14.4. The average Bonchev–Trinajstić information content (AvgIpc) is 2.55. The van der Waals surface area contributed by atoms with Crippen molar-refractivity contribution in [3.05, 3.63) is 69.2 Å². The van der Waals surface area contributed by atoms with E-state index in [1.54, 1.807) is 18.4 Å². The highest BCUT2D eigenvalue weighted by molar-refractivity contribution is 7.79. The van der Waals surface area contributed by atoms with Gasteiger partial charge in [-0.1, -0.05) is 73.8 Å². The second kappa shape index (κ2) is 13.6. The summed E-state index contributed by atoms with van der Waals surface area (Å²) in [6.45, 7) is 10.7. The molecule has 4 N–H and O–H groups in total. The van der Waals surface area contributed by atoms with Crippen LogP contribution in [0.1, 0.15) is 37.5 Å². The second-order valence-electron chi connectivity index (χ2n) is 6.01. The van der Waals surface area contributed by atoms with Crippen LogP contribution in [0.25, 0.3) is 0 Å². The maximum absolute atomic E-state index is 5.72. The zero-order chi connectivity index (χ0) is 19.3. The minimum absolute atomic E-state index is 0.285. The van der Waals surface area contributed by atoms with Crippen LogP contribution in [0.15, 0.2) is 42.5 Å². The molecule has 0 aliphatic rings. The van der Waals surface area contributed by atoms with Gasteiger partial charge >= 0.3 is 0 Å². The van der Waals surface area contributed by atoms with Gasteiger partial charge in [0.05, 0.1) is 0 Å². The van der Waals surface area contributed by atoms with E-state index in [-0.39, 0.29) is 5.41 Å². The van der Waals surface area contributed by atoms with Crippen LogP contribution >= 0.6 is 35.8 Å². The first-order valence-corrected chi connectivity index (χ1v) is 9.12. The summed E-state index contributed by atoms with van der Waals surface area (Å²) in [5.41, 5.74) is 4.04. The number of rotatable bonds is 0. The fourth-order valence-corrected chi connectivity index (χ4v) is 2.01. The molecule has 0 radical (unpaired) electrons. The van der Waals surface area contributed by atoms with Crippen LogP contribution < -0.4 is 11.7 Å². The maximum atomic E-state index is 5.72. The summed E-state index contributed by atoms with van der Waals surface area (Å²) in [6.07, 6.45) is 1.69. The Balaban J connectivity index is 0. The quantitative estimate of drug-likeness (QED) is 0.296. The van der Waals surface area contributed by atoms with Gasteiger partial charge in [-0.3, -0.25) is 11.7 Å². The van der Waals surface area contributed by atoms with Crippen molar-refractivity contribution in [3.63, 3.8) is 0 Å². The highest BCUT2D eigenvalue weighted by Crippen LogP contribution is 2.21. The summed E-state index contributed by atoms with van der Waals surface area (Å²) in [6, 6.07) is 14.1. The smallest absolute Gasteiger partial charge is 0.0436 e. The fourth-order valence-electron chi connectivity index (χ4n) is 1.66. The van der Waals surface area contributed by atoms with Crippen molar-refractivity contribution in [1.29, 1.82) is 0 Å². The Morgan fingerprint density at radius 2 is 1.29 bits per heavy atom. The fraction of sp³-hybridized carbons (Fsp3) is 0.368. The van der Waals surface area contributed by atoms with E-state index in [4.69, 9.17) is 23.2 Å². The summed E-state index contributed by atoms with van der Waals surface area (Å²) < 4.78 is 0. The lowest BCUT2D eigenvalue weighted by Gasteiger charge is -2.18. The highest BCUT2D eigenvalue weighted by Gasteiger charge is 2.11. The Bertz CT molecular complexity index is 565. The van der Waals surface area contributed by atoms with Crippen LogP contribution in [0.4, 0.5) is 0 Å². The lowest BCUT2D eigenvalue weighted by molar-refractivity contribution is 0.590. The van der Waals surface area contributed by atoms with E-state index in [0.717, 1.165) is 15.6 Å². The molecule has 0 saturated carbocycles. The van der Waals surface area contributed by atoms with Crippen molar-refractivity contribution in [2.75, 3.05) is 6.26 Å². The molecular formula is C19H30Cl2N2S. The lowest BCUT2D eigenvalue weighted by Crippen LogP contribution is -2.10. The molecule has 136 valence electrons. The first-order chi connectivity index (χ1) is 11.2. The summed E-state index contributed by atoms with van der Waals surface area (Å²) in [7, 11) is 0. The van der Waals surface area contributed by atoms with E-state index in [1.807, 2.05) is 13.0 Å². The number of hydrogen-bond donors (Lipinski definition) is 3. The summed E-state index contributed by atoms with van der Waals surface area (Å²) in [5.74, 6) is 8.00. The van der Waals surface area contributed by atoms with Crippen molar-refractivity contribution >= 4 is 35.8 Å². The molecule has 0 bridgehead atoms. The third-order valence-electron chi connectivity index (χ3n) is 3.04. The monoisotopic (exact) mass is 388 g/mol. The van der Waals surface area contributed by atoms with Crippen LogP contribution in [0.3, 0.4) is 0 Å². The van der Waals surface area contributed by atoms with Crippen LogP contribution in [0.5, 0.6) is 0 Å². The van der Waals surface area contributed by atoms with Gasteiger partial charge in [-0.25, -0.2) is 0 Å². The minimum atomic E-state index is 0.285. The first kappa shape index (κ1) is 25.5. The number of aryl methyl sites for hydroxylation is 2. The van der Waals surface area contributed by atoms with Crippen molar-refractivity contribution < 1.29 is 0 Å². The molecule has 0 atom stereocenters. The number of nitrogens with two attached hydrogens (primary N) is 2. The molecule has 0 unspecified atom stereocenters. The first-order valence-electron chi connectivity index (χ1n) is 7.47. The second-order valence-corrected chi connectivity index (χ2v) is 6.85. The molecule has 2 rings (SSSR count). The maximum Gasteiger partial charge on any atom is 0.0436 e. The normalized spacial score (nSPS) is 9.46. The molecule has 0 spiro atoms. The molecule has 2 aromatic carbocycles.